The maximum atomic E-state index is 11.6. The zero-order valence-electron chi connectivity index (χ0n) is 12.5. The first-order valence-corrected chi connectivity index (χ1v) is 6.37. The lowest BCUT2D eigenvalue weighted by Crippen LogP contribution is -2.06. The van der Waals surface area contributed by atoms with Gasteiger partial charge in [-0.2, -0.15) is 0 Å². The van der Waals surface area contributed by atoms with Crippen molar-refractivity contribution in [3.63, 3.8) is 0 Å². The van der Waals surface area contributed by atoms with Crippen LogP contribution in [0.1, 0.15) is 20.7 Å². The molecule has 0 aliphatic heterocycles. The smallest absolute Gasteiger partial charge is 0.338 e. The number of benzene rings is 2. The Hall–Kier alpha value is -3.56. The summed E-state index contributed by atoms with van der Waals surface area (Å²) < 4.78 is 8.99. The molecule has 0 aromatic heterocycles. The van der Waals surface area contributed by atoms with Crippen LogP contribution in [0.3, 0.4) is 0 Å². The Balaban J connectivity index is 2.96. The molecule has 0 heterocycles. The molecule has 2 rings (SSSR count). The molecule has 0 bridgehead atoms. The van der Waals surface area contributed by atoms with Crippen LogP contribution in [0.15, 0.2) is 24.3 Å². The Morgan fingerprint density at radius 1 is 0.792 bits per heavy atom. The van der Waals surface area contributed by atoms with Crippen LogP contribution in [0.25, 0.3) is 10.8 Å². The van der Waals surface area contributed by atoms with Gasteiger partial charge < -0.3 is 9.47 Å². The Kier molecular flexibility index (Phi) is 4.40. The number of fused-ring (bicyclic) bond motifs is 1. The van der Waals surface area contributed by atoms with Crippen molar-refractivity contribution in [2.45, 2.75) is 0 Å². The Labute approximate surface area is 133 Å². The zero-order valence-corrected chi connectivity index (χ0v) is 12.5. The number of nitro groups is 2. The van der Waals surface area contributed by atoms with E-state index in [1.807, 2.05) is 0 Å². The summed E-state index contributed by atoms with van der Waals surface area (Å²) in [5, 5.41) is 22.2. The highest BCUT2D eigenvalue weighted by molar-refractivity contribution is 6.06. The van der Waals surface area contributed by atoms with Gasteiger partial charge in [0.2, 0.25) is 0 Å². The van der Waals surface area contributed by atoms with Gasteiger partial charge >= 0.3 is 11.9 Å². The monoisotopic (exact) mass is 334 g/mol. The molecule has 124 valence electrons. The van der Waals surface area contributed by atoms with Crippen LogP contribution in [-0.4, -0.2) is 36.0 Å². The van der Waals surface area contributed by atoms with Crippen LogP contribution in [0.5, 0.6) is 0 Å². The summed E-state index contributed by atoms with van der Waals surface area (Å²) in [5.41, 5.74) is -1.57. The summed E-state index contributed by atoms with van der Waals surface area (Å²) in [6, 6.07) is 4.07. The van der Waals surface area contributed by atoms with Crippen molar-refractivity contribution in [2.24, 2.45) is 0 Å². The van der Waals surface area contributed by atoms with Gasteiger partial charge in [-0.05, 0) is 12.1 Å². The standard InChI is InChI=1S/C14H10N2O8/c1-23-13(17)7-3-9-10(11(5-7)15(19)20)4-8(14(18)24-2)6-12(9)16(21)22/h3-6H,1-2H3. The Morgan fingerprint density at radius 2 is 1.12 bits per heavy atom. The number of rotatable bonds is 4. The molecule has 0 atom stereocenters. The van der Waals surface area contributed by atoms with E-state index in [1.165, 1.54) is 0 Å². The number of nitrogens with zero attached hydrogens (tertiary/aromatic N) is 2. The molecule has 0 aliphatic rings. The highest BCUT2D eigenvalue weighted by Crippen LogP contribution is 2.35. The molecular formula is C14H10N2O8. The Bertz CT molecular complexity index is 817. The largest absolute Gasteiger partial charge is 0.465 e. The van der Waals surface area contributed by atoms with Crippen LogP contribution in [0.2, 0.25) is 0 Å². The van der Waals surface area contributed by atoms with Crippen molar-refractivity contribution in [1.82, 2.24) is 0 Å². The number of esters is 2. The average Bonchev–Trinajstić information content (AvgIpc) is 2.57. The first-order valence-electron chi connectivity index (χ1n) is 6.37. The lowest BCUT2D eigenvalue weighted by molar-refractivity contribution is -0.384. The van der Waals surface area contributed by atoms with Crippen molar-refractivity contribution in [3.05, 3.63) is 55.6 Å². The highest BCUT2D eigenvalue weighted by atomic mass is 16.6. The molecule has 0 radical (unpaired) electrons. The quantitative estimate of drug-likeness (QED) is 0.471. The van der Waals surface area contributed by atoms with Crippen LogP contribution < -0.4 is 0 Å². The normalized spacial score (nSPS) is 10.2. The minimum atomic E-state index is -0.883. The van der Waals surface area contributed by atoms with Crippen molar-refractivity contribution in [1.29, 1.82) is 0 Å². The summed E-state index contributed by atoms with van der Waals surface area (Å²) in [6.07, 6.45) is 0. The molecular weight excluding hydrogens is 324 g/mol. The van der Waals surface area contributed by atoms with E-state index in [2.05, 4.69) is 9.47 Å². The van der Waals surface area contributed by atoms with E-state index in [0.29, 0.717) is 0 Å². The first-order chi connectivity index (χ1) is 11.3. The third-order valence-electron chi connectivity index (χ3n) is 3.26. The van der Waals surface area contributed by atoms with E-state index in [0.717, 1.165) is 38.5 Å². The highest BCUT2D eigenvalue weighted by Gasteiger charge is 2.25. The summed E-state index contributed by atoms with van der Waals surface area (Å²) in [5.74, 6) is -1.77. The molecule has 0 fully saturated rings. The fourth-order valence-corrected chi connectivity index (χ4v) is 2.20. The molecule has 2 aromatic carbocycles. The molecule has 0 unspecified atom stereocenters. The molecule has 10 nitrogen and oxygen atoms in total. The summed E-state index contributed by atoms with van der Waals surface area (Å²) in [7, 11) is 2.15. The van der Waals surface area contributed by atoms with Gasteiger partial charge in [0, 0.05) is 12.1 Å². The second-order valence-electron chi connectivity index (χ2n) is 4.58. The van der Waals surface area contributed by atoms with Gasteiger partial charge in [0.15, 0.2) is 0 Å². The van der Waals surface area contributed by atoms with Crippen LogP contribution in [0, 0.1) is 20.2 Å². The van der Waals surface area contributed by atoms with E-state index in [9.17, 15) is 29.8 Å². The fourth-order valence-electron chi connectivity index (χ4n) is 2.20. The van der Waals surface area contributed by atoms with Gasteiger partial charge in [-0.1, -0.05) is 0 Å². The van der Waals surface area contributed by atoms with E-state index >= 15 is 0 Å². The Morgan fingerprint density at radius 3 is 1.38 bits per heavy atom. The predicted octanol–water partition coefficient (Wildman–Crippen LogP) is 2.23. The topological polar surface area (TPSA) is 139 Å². The van der Waals surface area contributed by atoms with Gasteiger partial charge in [0.05, 0.1) is 46.0 Å². The molecule has 0 amide bonds. The second-order valence-corrected chi connectivity index (χ2v) is 4.58. The molecule has 0 saturated heterocycles. The molecule has 0 aliphatic carbocycles. The van der Waals surface area contributed by atoms with E-state index < -0.39 is 33.2 Å². The number of nitro benzene ring substituents is 2. The second kappa shape index (κ2) is 6.28. The third kappa shape index (κ3) is 2.84. The molecule has 0 N–H and O–H groups in total. The lowest BCUT2D eigenvalue weighted by Gasteiger charge is -2.07. The molecule has 10 heteroatoms. The number of non-ortho nitro benzene ring substituents is 2. The minimum Gasteiger partial charge on any atom is -0.465 e. The van der Waals surface area contributed by atoms with Gasteiger partial charge in [0.1, 0.15) is 0 Å². The van der Waals surface area contributed by atoms with Crippen LogP contribution in [0.4, 0.5) is 11.4 Å². The number of ether oxygens (including phenoxy) is 2. The van der Waals surface area contributed by atoms with Crippen LogP contribution in [-0.2, 0) is 9.47 Å². The van der Waals surface area contributed by atoms with Crippen molar-refractivity contribution < 1.29 is 28.9 Å². The van der Waals surface area contributed by atoms with Gasteiger partial charge in [-0.15, -0.1) is 0 Å². The van der Waals surface area contributed by atoms with E-state index in [-0.39, 0.29) is 21.9 Å². The minimum absolute atomic E-state index is 0.165. The van der Waals surface area contributed by atoms with Crippen molar-refractivity contribution >= 4 is 34.1 Å². The van der Waals surface area contributed by atoms with E-state index in [4.69, 9.17) is 0 Å². The molecule has 24 heavy (non-hydrogen) atoms. The number of hydrogen-bond donors (Lipinski definition) is 0. The summed E-state index contributed by atoms with van der Waals surface area (Å²) in [4.78, 5) is 44.2. The van der Waals surface area contributed by atoms with Crippen molar-refractivity contribution in [2.75, 3.05) is 14.2 Å². The maximum Gasteiger partial charge on any atom is 0.338 e. The van der Waals surface area contributed by atoms with Gasteiger partial charge in [-0.3, -0.25) is 20.2 Å². The first kappa shape index (κ1) is 16.8. The third-order valence-corrected chi connectivity index (χ3v) is 3.26. The van der Waals surface area contributed by atoms with Gasteiger partial charge in [0.25, 0.3) is 11.4 Å². The fraction of sp³-hybridized carbons (Fsp3) is 0.143. The maximum absolute atomic E-state index is 11.6. The van der Waals surface area contributed by atoms with Gasteiger partial charge in [-0.25, -0.2) is 9.59 Å². The average molecular weight is 334 g/mol. The predicted molar refractivity (Wildman–Crippen MR) is 79.9 cm³/mol. The number of carbonyl (C=O) groups excluding carboxylic acids is 2. The zero-order chi connectivity index (χ0) is 18.0. The number of carbonyl (C=O) groups is 2. The summed E-state index contributed by atoms with van der Waals surface area (Å²) >= 11 is 0. The number of hydrogen-bond acceptors (Lipinski definition) is 8. The van der Waals surface area contributed by atoms with E-state index in [1.54, 1.807) is 0 Å². The molecule has 0 saturated carbocycles. The SMILES string of the molecule is COC(=O)c1cc([N+](=O)[O-])c2cc(C(=O)OC)cc([N+](=O)[O-])c2c1. The lowest BCUT2D eigenvalue weighted by atomic mass is 10.0. The number of methoxy groups -OCH3 is 2. The summed E-state index contributed by atoms with van der Waals surface area (Å²) in [6.45, 7) is 0. The molecule has 0 spiro atoms. The van der Waals surface area contributed by atoms with Crippen LogP contribution >= 0.6 is 0 Å². The van der Waals surface area contributed by atoms with Crippen molar-refractivity contribution in [3.8, 4) is 0 Å². The molecule has 2 aromatic rings.